The molecule has 51 heavy (non-hydrogen) atoms. The number of hydrogen-bond donors (Lipinski definition) is 3. The van der Waals surface area contributed by atoms with Gasteiger partial charge in [0.2, 0.25) is 17.7 Å². The highest BCUT2D eigenvalue weighted by atomic mass is 19.4. The van der Waals surface area contributed by atoms with Crippen LogP contribution in [0.5, 0.6) is 0 Å². The average molecular weight is 708 g/mol. The molecule has 2 atom stereocenters. The first-order chi connectivity index (χ1) is 24.1. The van der Waals surface area contributed by atoms with Gasteiger partial charge in [-0.3, -0.25) is 19.2 Å². The van der Waals surface area contributed by atoms with Gasteiger partial charge in [-0.15, -0.1) is 0 Å². The highest BCUT2D eigenvalue weighted by molar-refractivity contribution is 6.07. The van der Waals surface area contributed by atoms with Crippen LogP contribution < -0.4 is 26.2 Å². The van der Waals surface area contributed by atoms with Crippen molar-refractivity contribution in [1.82, 2.24) is 10.6 Å². The molecule has 0 aliphatic carbocycles. The first-order valence-electron chi connectivity index (χ1n) is 15.8. The van der Waals surface area contributed by atoms with Crippen molar-refractivity contribution in [3.8, 4) is 22.3 Å². The van der Waals surface area contributed by atoms with Crippen molar-refractivity contribution >= 4 is 35.0 Å². The minimum Gasteiger partial charge on any atom is -0.355 e. The van der Waals surface area contributed by atoms with E-state index in [0.717, 1.165) is 27.9 Å². The summed E-state index contributed by atoms with van der Waals surface area (Å²) in [6.07, 6.45) is -8.23. The Kier molecular flexibility index (Phi) is 10.6. The van der Waals surface area contributed by atoms with Gasteiger partial charge in [-0.05, 0) is 34.4 Å². The minimum absolute atomic E-state index is 0.0765. The number of nitrogens with zero attached hydrogens (tertiary/aromatic N) is 2. The van der Waals surface area contributed by atoms with Gasteiger partial charge in [-0.2, -0.15) is 22.0 Å². The molecule has 0 radical (unpaired) electrons. The lowest BCUT2D eigenvalue weighted by Crippen LogP contribution is -2.43. The fourth-order valence-electron chi connectivity index (χ4n) is 5.96. The van der Waals surface area contributed by atoms with Crippen LogP contribution in [0.2, 0.25) is 0 Å². The van der Waals surface area contributed by atoms with Crippen molar-refractivity contribution in [1.29, 1.82) is 0 Å². The fraction of sp³-hybridized carbons (Fsp3) is 0.243. The van der Waals surface area contributed by atoms with E-state index < -0.39 is 61.3 Å². The summed E-state index contributed by atoms with van der Waals surface area (Å²) >= 11 is 0. The van der Waals surface area contributed by atoms with Crippen LogP contribution in [0, 0.1) is 0 Å². The number of fused-ring (bicyclic) bond motifs is 6. The third kappa shape index (κ3) is 7.60. The van der Waals surface area contributed by atoms with Crippen LogP contribution in [0.4, 0.5) is 33.3 Å². The van der Waals surface area contributed by atoms with Gasteiger partial charge in [0, 0.05) is 38.2 Å². The highest BCUT2D eigenvalue weighted by Crippen LogP contribution is 2.41. The van der Waals surface area contributed by atoms with Gasteiger partial charge in [0.1, 0.15) is 18.5 Å². The van der Waals surface area contributed by atoms with Crippen LogP contribution in [0.25, 0.3) is 22.3 Å². The summed E-state index contributed by atoms with van der Waals surface area (Å²) in [5.41, 5.74) is 12.5. The monoisotopic (exact) mass is 707 g/mol. The number of nitrogens with two attached hydrogens (primary N) is 1. The molecule has 2 aliphatic heterocycles. The average Bonchev–Trinajstić information content (AvgIpc) is 3.25. The summed E-state index contributed by atoms with van der Waals surface area (Å²) in [6.45, 7) is -0.970. The third-order valence-corrected chi connectivity index (χ3v) is 8.66. The molecular formula is C37H34F5N5O4. The quantitative estimate of drug-likeness (QED) is 0.170. The summed E-state index contributed by atoms with van der Waals surface area (Å²) in [4.78, 5) is 52.7. The molecule has 0 spiro atoms. The van der Waals surface area contributed by atoms with E-state index in [1.807, 2.05) is 59.9 Å². The molecule has 4 amide bonds. The first-order valence-corrected chi connectivity index (χ1v) is 15.8. The number of hydrogen-bond acceptors (Lipinski definition) is 5. The molecule has 2 aliphatic rings. The number of likely N-dealkylation sites (N-methyl/N-ethyl adjacent to an activating group) is 2. The van der Waals surface area contributed by atoms with Crippen LogP contribution in [0.3, 0.4) is 0 Å². The molecule has 4 N–H and O–H groups in total. The zero-order valence-corrected chi connectivity index (χ0v) is 27.5. The Morgan fingerprint density at radius 2 is 1.12 bits per heavy atom. The molecule has 4 aromatic carbocycles. The minimum atomic E-state index is -5.73. The molecule has 0 fully saturated rings. The Morgan fingerprint density at radius 1 is 0.667 bits per heavy atom. The lowest BCUT2D eigenvalue weighted by Gasteiger charge is -2.23. The number of rotatable bonds is 6. The van der Waals surface area contributed by atoms with Gasteiger partial charge < -0.3 is 26.2 Å². The Hall–Kier alpha value is -5.63. The van der Waals surface area contributed by atoms with Crippen molar-refractivity contribution in [2.45, 2.75) is 37.0 Å². The SMILES string of the molecule is CN1C(=O)[C@@H](N)c2ccccc2-c2ccccc21.CN1C(=O)[C@@H](NC(=O)CC(=O)NCCC(F)(F)C(F)(F)F)c2ccccc2-c2ccccc21. The van der Waals surface area contributed by atoms with Crippen molar-refractivity contribution in [2.75, 3.05) is 30.4 Å². The molecule has 0 bridgehead atoms. The Labute approximate surface area is 290 Å². The number of amides is 4. The zero-order valence-electron chi connectivity index (χ0n) is 27.5. The van der Waals surface area contributed by atoms with Gasteiger partial charge in [-0.25, -0.2) is 0 Å². The second kappa shape index (κ2) is 14.7. The summed E-state index contributed by atoms with van der Waals surface area (Å²) in [5, 5.41) is 4.34. The maximum atomic E-state index is 13.1. The lowest BCUT2D eigenvalue weighted by atomic mass is 9.95. The Balaban J connectivity index is 0.000000234. The normalized spacial score (nSPS) is 16.6. The van der Waals surface area contributed by atoms with Gasteiger partial charge in [-0.1, -0.05) is 84.9 Å². The summed E-state index contributed by atoms with van der Waals surface area (Å²) in [6, 6.07) is 28.0. The van der Waals surface area contributed by atoms with E-state index in [-0.39, 0.29) is 5.91 Å². The number of benzene rings is 4. The molecular weight excluding hydrogens is 673 g/mol. The molecule has 0 saturated carbocycles. The summed E-state index contributed by atoms with van der Waals surface area (Å²) in [5.74, 6) is -7.43. The Morgan fingerprint density at radius 3 is 1.67 bits per heavy atom. The zero-order chi connectivity index (χ0) is 37.1. The molecule has 2 heterocycles. The van der Waals surface area contributed by atoms with E-state index in [2.05, 4.69) is 5.32 Å². The second-order valence-corrected chi connectivity index (χ2v) is 12.0. The number of nitrogens with one attached hydrogen (secondary N) is 2. The predicted molar refractivity (Wildman–Crippen MR) is 182 cm³/mol. The van der Waals surface area contributed by atoms with Crippen LogP contribution in [-0.2, 0) is 19.2 Å². The van der Waals surface area contributed by atoms with Gasteiger partial charge in [0.25, 0.3) is 5.91 Å². The molecule has 14 heteroatoms. The Bertz CT molecular complexity index is 1910. The van der Waals surface area contributed by atoms with Gasteiger partial charge >= 0.3 is 12.1 Å². The van der Waals surface area contributed by atoms with Crippen molar-refractivity contribution < 1.29 is 41.1 Å². The molecule has 0 unspecified atom stereocenters. The van der Waals surface area contributed by atoms with E-state index in [1.165, 1.54) is 4.90 Å². The van der Waals surface area contributed by atoms with E-state index >= 15 is 0 Å². The largest absolute Gasteiger partial charge is 0.453 e. The third-order valence-electron chi connectivity index (χ3n) is 8.66. The molecule has 6 rings (SSSR count). The molecule has 9 nitrogen and oxygen atoms in total. The lowest BCUT2D eigenvalue weighted by molar-refractivity contribution is -0.283. The number of para-hydroxylation sites is 2. The van der Waals surface area contributed by atoms with Crippen molar-refractivity contribution in [3.63, 3.8) is 0 Å². The van der Waals surface area contributed by atoms with Gasteiger partial charge in [0.05, 0.1) is 11.4 Å². The first kappa shape index (κ1) is 36.6. The smallest absolute Gasteiger partial charge is 0.355 e. The van der Waals surface area contributed by atoms with Crippen molar-refractivity contribution in [2.24, 2.45) is 5.73 Å². The van der Waals surface area contributed by atoms with Gasteiger partial charge in [0.15, 0.2) is 0 Å². The molecule has 0 aromatic heterocycles. The molecule has 4 aromatic rings. The standard InChI is InChI=1S/C22H20F5N3O3.C15H14N2O/c1-30-16-9-5-4-7-14(16)13-6-2-3-8-15(13)19(20(30)33)29-18(32)12-17(31)28-11-10-21(23,24)22(25,26)27;1-17-13-9-5-4-7-11(13)10-6-2-3-8-12(10)14(16)15(17)18/h2-9,19H,10-12H2,1H3,(H,28,31)(H,29,32);2-9,14H,16H2,1H3/t19-;14-/m00/s1. The van der Waals surface area contributed by atoms with E-state index in [9.17, 15) is 41.1 Å². The number of halogens is 5. The predicted octanol–water partition coefficient (Wildman–Crippen LogP) is 5.91. The summed E-state index contributed by atoms with van der Waals surface area (Å²) < 4.78 is 62.4. The number of carbonyl (C=O) groups excluding carboxylic acids is 4. The fourth-order valence-corrected chi connectivity index (χ4v) is 5.96. The maximum Gasteiger partial charge on any atom is 0.453 e. The van der Waals surface area contributed by atoms with Crippen LogP contribution in [0.15, 0.2) is 97.1 Å². The molecule has 0 saturated heterocycles. The second-order valence-electron chi connectivity index (χ2n) is 12.0. The highest BCUT2D eigenvalue weighted by Gasteiger charge is 2.56. The van der Waals surface area contributed by atoms with Crippen molar-refractivity contribution in [3.05, 3.63) is 108 Å². The summed E-state index contributed by atoms with van der Waals surface area (Å²) in [7, 11) is 3.31. The van der Waals surface area contributed by atoms with Crippen LogP contribution in [-0.4, -0.2) is 56.4 Å². The number of carbonyl (C=O) groups is 4. The van der Waals surface area contributed by atoms with E-state index in [4.69, 9.17) is 5.73 Å². The number of anilines is 2. The van der Waals surface area contributed by atoms with E-state index in [0.29, 0.717) is 16.8 Å². The molecule has 266 valence electrons. The van der Waals surface area contributed by atoms with E-state index in [1.54, 1.807) is 61.5 Å². The maximum absolute atomic E-state index is 13.1. The van der Waals surface area contributed by atoms with Crippen LogP contribution in [0.1, 0.15) is 36.1 Å². The number of alkyl halides is 5. The van der Waals surface area contributed by atoms with Crippen LogP contribution >= 0.6 is 0 Å². The topological polar surface area (TPSA) is 125 Å².